The summed E-state index contributed by atoms with van der Waals surface area (Å²) in [5.74, 6) is 8.25. The fourth-order valence-corrected chi connectivity index (χ4v) is 8.28. The lowest BCUT2D eigenvalue weighted by Gasteiger charge is -2.59. The van der Waals surface area contributed by atoms with Crippen LogP contribution in [0.1, 0.15) is 90.9 Å². The molecule has 6 atom stereocenters. The molecule has 1 heterocycles. The van der Waals surface area contributed by atoms with Crippen molar-refractivity contribution in [2.75, 3.05) is 19.8 Å². The maximum absolute atomic E-state index is 11.7. The van der Waals surface area contributed by atoms with Gasteiger partial charge in [-0.05, 0) is 74.5 Å². The van der Waals surface area contributed by atoms with Crippen LogP contribution in [0.25, 0.3) is 0 Å². The summed E-state index contributed by atoms with van der Waals surface area (Å²) in [6.45, 7) is 6.57. The molecule has 0 aromatic rings. The lowest BCUT2D eigenvalue weighted by atomic mass is 9.47. The first kappa shape index (κ1) is 22.9. The first-order valence-electron chi connectivity index (χ1n) is 13.2. The van der Waals surface area contributed by atoms with Crippen molar-refractivity contribution in [2.45, 2.75) is 102 Å². The molecule has 4 nitrogen and oxygen atoms in total. The van der Waals surface area contributed by atoms with E-state index in [1.165, 1.54) is 6.42 Å². The minimum Gasteiger partial charge on any atom is -0.396 e. The standard InChI is InChI=1S/C28H42O4/c1-25-15-16-28(31-18-19-32-28)20-21(25)8-9-22-23(25)10-13-26(2)24(22)11-14-27(26,30)12-6-4-3-5-7-17-29/h8,22-24,29-30H,3-5,7,9-11,13-20H2,1-2H3/t22-,23+,24+,25+,26+,27+/m1/s1. The molecule has 3 saturated carbocycles. The summed E-state index contributed by atoms with van der Waals surface area (Å²) in [7, 11) is 0. The van der Waals surface area contributed by atoms with Gasteiger partial charge in [0.2, 0.25) is 0 Å². The van der Waals surface area contributed by atoms with Crippen molar-refractivity contribution in [3.8, 4) is 11.8 Å². The van der Waals surface area contributed by atoms with E-state index in [0.717, 1.165) is 83.8 Å². The number of aliphatic hydroxyl groups excluding tert-OH is 1. The van der Waals surface area contributed by atoms with E-state index in [9.17, 15) is 5.11 Å². The van der Waals surface area contributed by atoms with Gasteiger partial charge >= 0.3 is 0 Å². The van der Waals surface area contributed by atoms with Gasteiger partial charge in [-0.25, -0.2) is 0 Å². The molecule has 4 fully saturated rings. The van der Waals surface area contributed by atoms with Gasteiger partial charge in [0.05, 0.1) is 13.2 Å². The smallest absolute Gasteiger partial charge is 0.172 e. The van der Waals surface area contributed by atoms with Gasteiger partial charge < -0.3 is 19.7 Å². The molecule has 1 aliphatic heterocycles. The van der Waals surface area contributed by atoms with Crippen LogP contribution in [0.5, 0.6) is 0 Å². The number of aliphatic hydroxyl groups is 2. The van der Waals surface area contributed by atoms with E-state index in [1.54, 1.807) is 5.57 Å². The average molecular weight is 443 g/mol. The number of unbranched alkanes of at least 4 members (excludes halogenated alkanes) is 3. The Kier molecular flexibility index (Phi) is 6.03. The predicted molar refractivity (Wildman–Crippen MR) is 125 cm³/mol. The molecule has 0 amide bonds. The van der Waals surface area contributed by atoms with Crippen LogP contribution in [0.3, 0.4) is 0 Å². The Bertz CT molecular complexity index is 802. The normalized spacial score (nSPS) is 44.2. The van der Waals surface area contributed by atoms with Gasteiger partial charge in [-0.15, -0.1) is 5.92 Å². The molecule has 0 unspecified atom stereocenters. The van der Waals surface area contributed by atoms with Crippen LogP contribution in [0.2, 0.25) is 0 Å². The van der Waals surface area contributed by atoms with Crippen molar-refractivity contribution in [3.05, 3.63) is 11.6 Å². The highest BCUT2D eigenvalue weighted by atomic mass is 16.7. The number of hydrogen-bond donors (Lipinski definition) is 2. The molecule has 4 aliphatic carbocycles. The van der Waals surface area contributed by atoms with Crippen LogP contribution in [0, 0.1) is 40.4 Å². The Hall–Kier alpha value is -0.860. The molecule has 0 aromatic carbocycles. The van der Waals surface area contributed by atoms with Crippen LogP contribution in [-0.2, 0) is 9.47 Å². The molecule has 1 spiro atoms. The Balaban J connectivity index is 1.32. The minimum absolute atomic E-state index is 0.0957. The third kappa shape index (κ3) is 3.50. The zero-order valence-corrected chi connectivity index (χ0v) is 20.1. The third-order valence-corrected chi connectivity index (χ3v) is 10.3. The molecule has 5 aliphatic rings. The van der Waals surface area contributed by atoms with E-state index in [2.05, 4.69) is 31.8 Å². The second-order valence-corrected chi connectivity index (χ2v) is 11.7. The maximum atomic E-state index is 11.7. The Morgan fingerprint density at radius 3 is 2.56 bits per heavy atom. The number of hydrogen-bond acceptors (Lipinski definition) is 4. The fraction of sp³-hybridized carbons (Fsp3) is 0.857. The van der Waals surface area contributed by atoms with Crippen molar-refractivity contribution in [2.24, 2.45) is 28.6 Å². The number of allylic oxidation sites excluding steroid dienone is 1. The first-order valence-corrected chi connectivity index (χ1v) is 13.2. The van der Waals surface area contributed by atoms with Gasteiger partial charge in [-0.2, -0.15) is 0 Å². The molecule has 2 N–H and O–H groups in total. The lowest BCUT2D eigenvalue weighted by Crippen LogP contribution is -2.55. The highest BCUT2D eigenvalue weighted by Crippen LogP contribution is 2.67. The maximum Gasteiger partial charge on any atom is 0.172 e. The average Bonchev–Trinajstić information content (AvgIpc) is 3.34. The quantitative estimate of drug-likeness (QED) is 0.366. The minimum atomic E-state index is -0.841. The summed E-state index contributed by atoms with van der Waals surface area (Å²) in [5, 5.41) is 20.7. The molecule has 0 aromatic heterocycles. The molecule has 32 heavy (non-hydrogen) atoms. The second kappa shape index (κ2) is 8.42. The molecule has 4 heteroatoms. The fourth-order valence-electron chi connectivity index (χ4n) is 8.28. The van der Waals surface area contributed by atoms with E-state index in [-0.39, 0.29) is 23.2 Å². The van der Waals surface area contributed by atoms with Crippen LogP contribution in [0.4, 0.5) is 0 Å². The van der Waals surface area contributed by atoms with E-state index in [4.69, 9.17) is 14.6 Å². The molecule has 0 radical (unpaired) electrons. The summed E-state index contributed by atoms with van der Waals surface area (Å²) in [4.78, 5) is 0. The van der Waals surface area contributed by atoms with E-state index in [0.29, 0.717) is 17.8 Å². The number of rotatable bonds is 4. The second-order valence-electron chi connectivity index (χ2n) is 11.7. The summed E-state index contributed by atoms with van der Waals surface area (Å²) >= 11 is 0. The highest BCUT2D eigenvalue weighted by Gasteiger charge is 2.64. The van der Waals surface area contributed by atoms with Crippen LogP contribution >= 0.6 is 0 Å². The lowest BCUT2D eigenvalue weighted by molar-refractivity contribution is -0.186. The van der Waals surface area contributed by atoms with Gasteiger partial charge in [0.1, 0.15) is 5.60 Å². The molecular formula is C28H42O4. The Morgan fingerprint density at radius 2 is 1.78 bits per heavy atom. The van der Waals surface area contributed by atoms with Crippen molar-refractivity contribution in [1.82, 2.24) is 0 Å². The molecule has 0 bridgehead atoms. The van der Waals surface area contributed by atoms with E-state index >= 15 is 0 Å². The Morgan fingerprint density at radius 1 is 1.00 bits per heavy atom. The van der Waals surface area contributed by atoms with Crippen molar-refractivity contribution >= 4 is 0 Å². The number of ether oxygens (including phenoxy) is 2. The summed E-state index contributed by atoms with van der Waals surface area (Å²) in [6.07, 6.45) is 14.7. The Labute approximate surface area is 194 Å². The zero-order valence-electron chi connectivity index (χ0n) is 20.1. The molecule has 178 valence electrons. The zero-order chi connectivity index (χ0) is 22.5. The SMILES string of the molecule is C[C@]12CCC3(CC1=CC[C@@H]1[C@@H]2CC[C@@]2(C)[C@H]1CC[C@@]2(O)C#CCCCCCO)OCCO3. The van der Waals surface area contributed by atoms with Gasteiger partial charge in [0.15, 0.2) is 5.79 Å². The van der Waals surface area contributed by atoms with Crippen LogP contribution in [-0.4, -0.2) is 41.4 Å². The first-order chi connectivity index (χ1) is 15.4. The summed E-state index contributed by atoms with van der Waals surface area (Å²) < 4.78 is 12.1. The van der Waals surface area contributed by atoms with Crippen molar-refractivity contribution < 1.29 is 19.7 Å². The highest BCUT2D eigenvalue weighted by molar-refractivity contribution is 5.30. The number of fused-ring (bicyclic) bond motifs is 5. The molecule has 5 rings (SSSR count). The van der Waals surface area contributed by atoms with Gasteiger partial charge in [-0.3, -0.25) is 0 Å². The van der Waals surface area contributed by atoms with E-state index < -0.39 is 5.60 Å². The molecule has 1 saturated heterocycles. The topological polar surface area (TPSA) is 58.9 Å². The van der Waals surface area contributed by atoms with Gasteiger partial charge in [0, 0.05) is 31.3 Å². The third-order valence-electron chi connectivity index (χ3n) is 10.3. The van der Waals surface area contributed by atoms with Gasteiger partial charge in [-0.1, -0.05) is 37.8 Å². The van der Waals surface area contributed by atoms with Crippen molar-refractivity contribution in [3.63, 3.8) is 0 Å². The van der Waals surface area contributed by atoms with Crippen LogP contribution < -0.4 is 0 Å². The van der Waals surface area contributed by atoms with Gasteiger partial charge in [0.25, 0.3) is 0 Å². The monoisotopic (exact) mass is 442 g/mol. The molecular weight excluding hydrogens is 400 g/mol. The summed E-state index contributed by atoms with van der Waals surface area (Å²) in [5.41, 5.74) is 0.893. The predicted octanol–water partition coefficient (Wildman–Crippen LogP) is 4.98. The van der Waals surface area contributed by atoms with Crippen molar-refractivity contribution in [1.29, 1.82) is 0 Å². The summed E-state index contributed by atoms with van der Waals surface area (Å²) in [6, 6.07) is 0. The largest absolute Gasteiger partial charge is 0.396 e. The van der Waals surface area contributed by atoms with E-state index in [1.807, 2.05) is 0 Å². The van der Waals surface area contributed by atoms with Crippen LogP contribution in [0.15, 0.2) is 11.6 Å².